The molecule has 0 aliphatic heterocycles. The van der Waals surface area contributed by atoms with Gasteiger partial charge in [0.25, 0.3) is 0 Å². The van der Waals surface area contributed by atoms with Gasteiger partial charge in [-0.25, -0.2) is 0 Å². The summed E-state index contributed by atoms with van der Waals surface area (Å²) in [5.41, 5.74) is 0. The van der Waals surface area contributed by atoms with Crippen molar-refractivity contribution in [3.63, 3.8) is 0 Å². The van der Waals surface area contributed by atoms with Crippen LogP contribution in [-0.4, -0.2) is 46.6 Å². The zero-order valence-corrected chi connectivity index (χ0v) is 12.3. The van der Waals surface area contributed by atoms with Crippen LogP contribution in [0, 0.1) is 0 Å². The lowest BCUT2D eigenvalue weighted by Crippen LogP contribution is -2.86. The maximum atomic E-state index is 5.58. The molecule has 0 aliphatic rings. The molecule has 2 N–H and O–H groups in total. The summed E-state index contributed by atoms with van der Waals surface area (Å²) in [7, 11) is 1.71. The molecule has 0 aromatic heterocycles. The number of halogens is 1. The Bertz CT molecular complexity index is 323. The number of rotatable bonds is 10. The molecule has 0 fully saturated rings. The number of para-hydroxylation sites is 1. The van der Waals surface area contributed by atoms with Gasteiger partial charge in [-0.15, -0.1) is 0 Å². The Labute approximate surface area is 117 Å². The van der Waals surface area contributed by atoms with E-state index in [0.717, 1.165) is 36.5 Å². The zero-order valence-electron chi connectivity index (χ0n) is 10.7. The van der Waals surface area contributed by atoms with Gasteiger partial charge in [-0.1, -0.05) is 12.1 Å². The Morgan fingerprint density at radius 1 is 1.06 bits per heavy atom. The van der Waals surface area contributed by atoms with Gasteiger partial charge in [-0.2, -0.15) is 0 Å². The minimum atomic E-state index is 0.570. The molecule has 0 saturated carbocycles. The summed E-state index contributed by atoms with van der Waals surface area (Å²) in [6.45, 7) is 4.64. The summed E-state index contributed by atoms with van der Waals surface area (Å²) in [6, 6.07) is 7.80. The average Bonchev–Trinajstić information content (AvgIpc) is 2.39. The smallest absolute Gasteiger partial charge is 0.133 e. The third-order valence-electron chi connectivity index (χ3n) is 2.31. The minimum absolute atomic E-state index is 0.570. The Hall–Kier alpha value is -0.620. The lowest BCUT2D eigenvalue weighted by molar-refractivity contribution is -0.657. The van der Waals surface area contributed by atoms with Crippen molar-refractivity contribution < 1.29 is 19.5 Å². The van der Waals surface area contributed by atoms with Crippen molar-refractivity contribution in [3.05, 3.63) is 28.7 Å². The van der Waals surface area contributed by atoms with Crippen LogP contribution in [0.25, 0.3) is 0 Å². The summed E-state index contributed by atoms with van der Waals surface area (Å²) in [4.78, 5) is 0. The van der Waals surface area contributed by atoms with Crippen molar-refractivity contribution in [1.82, 2.24) is 0 Å². The molecule has 0 heterocycles. The first kappa shape index (κ1) is 15.4. The molecule has 18 heavy (non-hydrogen) atoms. The average molecular weight is 319 g/mol. The fraction of sp³-hybridized carbons (Fsp3) is 0.538. The van der Waals surface area contributed by atoms with E-state index in [1.54, 1.807) is 7.11 Å². The van der Waals surface area contributed by atoms with Crippen molar-refractivity contribution in [1.29, 1.82) is 0 Å². The number of ether oxygens (including phenoxy) is 3. The molecule has 0 amide bonds. The molecule has 1 rings (SSSR count). The highest BCUT2D eigenvalue weighted by atomic mass is 79.9. The molecule has 0 bridgehead atoms. The quantitative estimate of drug-likeness (QED) is 0.656. The third kappa shape index (κ3) is 6.96. The first-order valence-electron chi connectivity index (χ1n) is 6.10. The van der Waals surface area contributed by atoms with E-state index in [4.69, 9.17) is 14.2 Å². The second-order valence-corrected chi connectivity index (χ2v) is 4.60. The second kappa shape index (κ2) is 10.3. The van der Waals surface area contributed by atoms with Gasteiger partial charge in [0.1, 0.15) is 12.4 Å². The Kier molecular flexibility index (Phi) is 8.85. The maximum Gasteiger partial charge on any atom is 0.133 e. The van der Waals surface area contributed by atoms with Crippen molar-refractivity contribution in [2.75, 3.05) is 46.6 Å². The number of nitrogens with two attached hydrogens (primary N) is 1. The van der Waals surface area contributed by atoms with E-state index in [-0.39, 0.29) is 0 Å². The second-order valence-electron chi connectivity index (χ2n) is 3.75. The van der Waals surface area contributed by atoms with Crippen LogP contribution in [0.2, 0.25) is 0 Å². The number of hydrogen-bond donors (Lipinski definition) is 1. The van der Waals surface area contributed by atoms with Crippen LogP contribution in [0.3, 0.4) is 0 Å². The molecule has 0 aliphatic carbocycles. The van der Waals surface area contributed by atoms with E-state index in [2.05, 4.69) is 21.2 Å². The van der Waals surface area contributed by atoms with Crippen LogP contribution in [0.5, 0.6) is 5.75 Å². The monoisotopic (exact) mass is 318 g/mol. The molecule has 1 aromatic carbocycles. The van der Waals surface area contributed by atoms with Gasteiger partial charge in [-0.05, 0) is 28.1 Å². The highest BCUT2D eigenvalue weighted by Crippen LogP contribution is 2.23. The Morgan fingerprint density at radius 2 is 1.83 bits per heavy atom. The topological polar surface area (TPSA) is 44.3 Å². The normalized spacial score (nSPS) is 10.6. The SMILES string of the molecule is COCC[NH2+]CCOCCOc1ccccc1Br. The molecule has 1 aromatic rings. The summed E-state index contributed by atoms with van der Waals surface area (Å²) in [5.74, 6) is 0.854. The third-order valence-corrected chi connectivity index (χ3v) is 2.97. The molecule has 4 nitrogen and oxygen atoms in total. The van der Waals surface area contributed by atoms with Gasteiger partial charge < -0.3 is 19.5 Å². The standard InChI is InChI=1S/C13H20BrNO3/c1-16-8-6-15-7-9-17-10-11-18-13-5-3-2-4-12(13)14/h2-5,15H,6-11H2,1H3/p+1. The van der Waals surface area contributed by atoms with E-state index in [0.29, 0.717) is 13.2 Å². The van der Waals surface area contributed by atoms with Gasteiger partial charge in [0.05, 0.1) is 37.4 Å². The van der Waals surface area contributed by atoms with Crippen LogP contribution in [-0.2, 0) is 9.47 Å². The van der Waals surface area contributed by atoms with Crippen molar-refractivity contribution in [3.8, 4) is 5.75 Å². The predicted octanol–water partition coefficient (Wildman–Crippen LogP) is 1.05. The molecule has 0 atom stereocenters. The van der Waals surface area contributed by atoms with Crippen LogP contribution in [0.4, 0.5) is 0 Å². The molecular formula is C13H21BrNO3+. The van der Waals surface area contributed by atoms with E-state index in [1.165, 1.54) is 0 Å². The largest absolute Gasteiger partial charge is 0.490 e. The number of hydrogen-bond acceptors (Lipinski definition) is 3. The van der Waals surface area contributed by atoms with E-state index < -0.39 is 0 Å². The lowest BCUT2D eigenvalue weighted by atomic mass is 10.3. The highest BCUT2D eigenvalue weighted by molar-refractivity contribution is 9.10. The van der Waals surface area contributed by atoms with E-state index in [1.807, 2.05) is 24.3 Å². The van der Waals surface area contributed by atoms with Crippen molar-refractivity contribution in [2.24, 2.45) is 0 Å². The van der Waals surface area contributed by atoms with Crippen molar-refractivity contribution >= 4 is 15.9 Å². The molecule has 5 heteroatoms. The molecule has 0 spiro atoms. The van der Waals surface area contributed by atoms with Gasteiger partial charge in [0, 0.05) is 7.11 Å². The van der Waals surface area contributed by atoms with E-state index in [9.17, 15) is 0 Å². The number of quaternary nitrogens is 1. The van der Waals surface area contributed by atoms with Gasteiger partial charge in [-0.3, -0.25) is 0 Å². The van der Waals surface area contributed by atoms with Crippen LogP contribution >= 0.6 is 15.9 Å². The summed E-state index contributed by atoms with van der Waals surface area (Å²) in [5, 5.41) is 2.18. The van der Waals surface area contributed by atoms with Gasteiger partial charge >= 0.3 is 0 Å². The summed E-state index contributed by atoms with van der Waals surface area (Å²) >= 11 is 3.43. The van der Waals surface area contributed by atoms with E-state index >= 15 is 0 Å². The first-order valence-corrected chi connectivity index (χ1v) is 6.89. The van der Waals surface area contributed by atoms with Gasteiger partial charge in [0.15, 0.2) is 0 Å². The van der Waals surface area contributed by atoms with Crippen LogP contribution in [0.1, 0.15) is 0 Å². The van der Waals surface area contributed by atoms with Crippen molar-refractivity contribution in [2.45, 2.75) is 0 Å². The minimum Gasteiger partial charge on any atom is -0.490 e. The fourth-order valence-electron chi connectivity index (χ4n) is 1.39. The van der Waals surface area contributed by atoms with Gasteiger partial charge in [0.2, 0.25) is 0 Å². The molecular weight excluding hydrogens is 298 g/mol. The molecule has 0 saturated heterocycles. The van der Waals surface area contributed by atoms with Crippen LogP contribution < -0.4 is 10.1 Å². The lowest BCUT2D eigenvalue weighted by Gasteiger charge is -2.08. The predicted molar refractivity (Wildman–Crippen MR) is 74.0 cm³/mol. The number of benzene rings is 1. The zero-order chi connectivity index (χ0) is 13.1. The molecule has 0 radical (unpaired) electrons. The highest BCUT2D eigenvalue weighted by Gasteiger charge is 1.98. The Balaban J connectivity index is 1.94. The molecule has 102 valence electrons. The fourth-order valence-corrected chi connectivity index (χ4v) is 1.79. The number of methoxy groups -OCH3 is 1. The maximum absolute atomic E-state index is 5.58. The Morgan fingerprint density at radius 3 is 2.61 bits per heavy atom. The first-order chi connectivity index (χ1) is 8.84. The summed E-state index contributed by atoms with van der Waals surface area (Å²) in [6.07, 6.45) is 0. The molecule has 0 unspecified atom stereocenters. The van der Waals surface area contributed by atoms with Crippen LogP contribution in [0.15, 0.2) is 28.7 Å². The summed E-state index contributed by atoms with van der Waals surface area (Å²) < 4.78 is 17.0.